The maximum atomic E-state index is 10.9. The molecule has 1 aromatic rings. The number of carboxylic acid groups (broad SMARTS) is 1. The quantitative estimate of drug-likeness (QED) is 0.722. The van der Waals surface area contributed by atoms with E-state index >= 15 is 0 Å². The summed E-state index contributed by atoms with van der Waals surface area (Å²) in [5, 5.41) is 21.7. The second-order valence-electron chi connectivity index (χ2n) is 4.23. The van der Waals surface area contributed by atoms with Crippen molar-refractivity contribution in [1.82, 2.24) is 5.32 Å². The van der Waals surface area contributed by atoms with Crippen molar-refractivity contribution in [2.45, 2.75) is 24.8 Å². The van der Waals surface area contributed by atoms with Gasteiger partial charge in [0.05, 0.1) is 12.0 Å². The van der Waals surface area contributed by atoms with Crippen molar-refractivity contribution >= 4 is 5.97 Å². The highest BCUT2D eigenvalue weighted by Gasteiger charge is 2.37. The molecule has 86 valence electrons. The number of carboxylic acids is 1. The van der Waals surface area contributed by atoms with Crippen LogP contribution in [0.15, 0.2) is 24.3 Å². The van der Waals surface area contributed by atoms with Gasteiger partial charge in [-0.05, 0) is 37.1 Å². The first-order chi connectivity index (χ1) is 7.62. The van der Waals surface area contributed by atoms with Crippen LogP contribution in [0.25, 0.3) is 0 Å². The Morgan fingerprint density at radius 1 is 1.50 bits per heavy atom. The molecule has 0 bridgehead atoms. The molecule has 4 heteroatoms. The highest BCUT2D eigenvalue weighted by atomic mass is 16.4. The van der Waals surface area contributed by atoms with Crippen molar-refractivity contribution in [2.24, 2.45) is 0 Å². The number of phenolic OH excluding ortho intramolecular Hbond substituents is 1. The lowest BCUT2D eigenvalue weighted by Gasteiger charge is -2.28. The molecule has 0 aliphatic carbocycles. The Balaban J connectivity index is 2.35. The second kappa shape index (κ2) is 4.14. The Kier molecular flexibility index (Phi) is 2.83. The first kappa shape index (κ1) is 11.0. The van der Waals surface area contributed by atoms with Crippen LogP contribution >= 0.6 is 0 Å². The summed E-state index contributed by atoms with van der Waals surface area (Å²) in [5.41, 5.74) is 0.345. The number of hydrogen-bond acceptors (Lipinski definition) is 3. The van der Waals surface area contributed by atoms with Crippen LogP contribution in [0.3, 0.4) is 0 Å². The predicted molar refractivity (Wildman–Crippen MR) is 59.3 cm³/mol. The van der Waals surface area contributed by atoms with Crippen molar-refractivity contribution < 1.29 is 15.0 Å². The number of aromatic hydroxyl groups is 1. The molecule has 1 aromatic carbocycles. The minimum absolute atomic E-state index is 0.0520. The highest BCUT2D eigenvalue weighted by molar-refractivity contribution is 5.69. The molecule has 1 aliphatic rings. The molecule has 1 heterocycles. The van der Waals surface area contributed by atoms with Crippen LogP contribution in [0.4, 0.5) is 0 Å². The smallest absolute Gasteiger partial charge is 0.305 e. The van der Waals surface area contributed by atoms with Gasteiger partial charge >= 0.3 is 5.97 Å². The van der Waals surface area contributed by atoms with Gasteiger partial charge in [-0.15, -0.1) is 0 Å². The van der Waals surface area contributed by atoms with E-state index in [0.717, 1.165) is 24.9 Å². The van der Waals surface area contributed by atoms with Crippen LogP contribution < -0.4 is 5.32 Å². The lowest BCUT2D eigenvalue weighted by molar-refractivity contribution is -0.138. The predicted octanol–water partition coefficient (Wildman–Crippen LogP) is 1.45. The molecule has 16 heavy (non-hydrogen) atoms. The number of phenols is 1. The normalized spacial score (nSPS) is 24.5. The summed E-state index contributed by atoms with van der Waals surface area (Å²) in [6.07, 6.45) is 1.81. The SMILES string of the molecule is O=C(O)CC1(c2cccc(O)c2)CCCN1. The lowest BCUT2D eigenvalue weighted by Crippen LogP contribution is -2.38. The van der Waals surface area contributed by atoms with E-state index in [0.29, 0.717) is 0 Å². The van der Waals surface area contributed by atoms with E-state index in [1.165, 1.54) is 0 Å². The summed E-state index contributed by atoms with van der Waals surface area (Å²) in [7, 11) is 0. The standard InChI is InChI=1S/C12H15NO3/c14-10-4-1-3-9(7-10)12(8-11(15)16)5-2-6-13-12/h1,3-4,7,13-14H,2,5-6,8H2,(H,15,16). The summed E-state index contributed by atoms with van der Waals surface area (Å²) in [5.74, 6) is -0.645. The van der Waals surface area contributed by atoms with Crippen molar-refractivity contribution in [3.8, 4) is 5.75 Å². The van der Waals surface area contributed by atoms with Gasteiger partial charge in [-0.2, -0.15) is 0 Å². The average Bonchev–Trinajstić information content (AvgIpc) is 2.66. The van der Waals surface area contributed by atoms with Gasteiger partial charge < -0.3 is 15.5 Å². The van der Waals surface area contributed by atoms with E-state index in [4.69, 9.17) is 5.11 Å². The molecule has 3 N–H and O–H groups in total. The van der Waals surface area contributed by atoms with Gasteiger partial charge in [0.2, 0.25) is 0 Å². The Hall–Kier alpha value is -1.55. The van der Waals surface area contributed by atoms with Gasteiger partial charge in [-0.25, -0.2) is 0 Å². The molecule has 0 aromatic heterocycles. The molecule has 1 saturated heterocycles. The minimum atomic E-state index is -0.822. The minimum Gasteiger partial charge on any atom is -0.508 e. The largest absolute Gasteiger partial charge is 0.508 e. The first-order valence-corrected chi connectivity index (χ1v) is 5.39. The molecule has 0 radical (unpaired) electrons. The topological polar surface area (TPSA) is 69.6 Å². The lowest BCUT2D eigenvalue weighted by atomic mass is 9.85. The highest BCUT2D eigenvalue weighted by Crippen LogP contribution is 2.35. The van der Waals surface area contributed by atoms with Gasteiger partial charge in [-0.1, -0.05) is 12.1 Å². The molecule has 4 nitrogen and oxygen atoms in total. The summed E-state index contributed by atoms with van der Waals surface area (Å²) in [6.45, 7) is 0.822. The number of benzene rings is 1. The molecule has 1 unspecified atom stereocenters. The number of nitrogens with one attached hydrogen (secondary N) is 1. The molecule has 1 atom stereocenters. The summed E-state index contributed by atoms with van der Waals surface area (Å²) >= 11 is 0. The Morgan fingerprint density at radius 3 is 2.88 bits per heavy atom. The fraction of sp³-hybridized carbons (Fsp3) is 0.417. The average molecular weight is 221 g/mol. The molecule has 1 fully saturated rings. The number of rotatable bonds is 3. The van der Waals surface area contributed by atoms with E-state index in [1.807, 2.05) is 6.07 Å². The molecule has 0 saturated carbocycles. The maximum absolute atomic E-state index is 10.9. The fourth-order valence-electron chi connectivity index (χ4n) is 2.37. The molecule has 1 aliphatic heterocycles. The Bertz CT molecular complexity index is 397. The van der Waals surface area contributed by atoms with E-state index < -0.39 is 11.5 Å². The van der Waals surface area contributed by atoms with Crippen LogP contribution in [0.2, 0.25) is 0 Å². The third kappa shape index (κ3) is 2.02. The van der Waals surface area contributed by atoms with E-state index in [1.54, 1.807) is 18.2 Å². The Labute approximate surface area is 93.9 Å². The number of hydrogen-bond donors (Lipinski definition) is 3. The zero-order valence-corrected chi connectivity index (χ0v) is 8.94. The van der Waals surface area contributed by atoms with Gasteiger partial charge in [0, 0.05) is 0 Å². The first-order valence-electron chi connectivity index (χ1n) is 5.39. The van der Waals surface area contributed by atoms with Crippen molar-refractivity contribution in [3.63, 3.8) is 0 Å². The van der Waals surface area contributed by atoms with Gasteiger partial charge in [-0.3, -0.25) is 4.79 Å². The summed E-state index contributed by atoms with van der Waals surface area (Å²) < 4.78 is 0. The summed E-state index contributed by atoms with van der Waals surface area (Å²) in [6, 6.07) is 6.84. The van der Waals surface area contributed by atoms with E-state index in [9.17, 15) is 9.90 Å². The third-order valence-electron chi connectivity index (χ3n) is 3.10. The zero-order chi connectivity index (χ0) is 11.6. The molecule has 0 spiro atoms. The molecule has 2 rings (SSSR count). The van der Waals surface area contributed by atoms with E-state index in [2.05, 4.69) is 5.32 Å². The molecular formula is C12H15NO3. The van der Waals surface area contributed by atoms with Crippen LogP contribution in [-0.2, 0) is 10.3 Å². The van der Waals surface area contributed by atoms with Crippen molar-refractivity contribution in [3.05, 3.63) is 29.8 Å². The Morgan fingerprint density at radius 2 is 2.31 bits per heavy atom. The van der Waals surface area contributed by atoms with Gasteiger partial charge in [0.1, 0.15) is 5.75 Å². The molecular weight excluding hydrogens is 206 g/mol. The van der Waals surface area contributed by atoms with Crippen LogP contribution in [0.1, 0.15) is 24.8 Å². The van der Waals surface area contributed by atoms with Gasteiger partial charge in [0.25, 0.3) is 0 Å². The fourth-order valence-corrected chi connectivity index (χ4v) is 2.37. The van der Waals surface area contributed by atoms with Crippen LogP contribution in [-0.4, -0.2) is 22.7 Å². The number of aliphatic carboxylic acids is 1. The van der Waals surface area contributed by atoms with Gasteiger partial charge in [0.15, 0.2) is 0 Å². The second-order valence-corrected chi connectivity index (χ2v) is 4.23. The van der Waals surface area contributed by atoms with Crippen molar-refractivity contribution in [1.29, 1.82) is 0 Å². The monoisotopic (exact) mass is 221 g/mol. The molecule has 0 amide bonds. The zero-order valence-electron chi connectivity index (χ0n) is 8.94. The van der Waals surface area contributed by atoms with Crippen LogP contribution in [0, 0.1) is 0 Å². The van der Waals surface area contributed by atoms with Crippen molar-refractivity contribution in [2.75, 3.05) is 6.54 Å². The van der Waals surface area contributed by atoms with E-state index in [-0.39, 0.29) is 12.2 Å². The third-order valence-corrected chi connectivity index (χ3v) is 3.10. The number of carbonyl (C=O) groups is 1. The van der Waals surface area contributed by atoms with Crippen LogP contribution in [0.5, 0.6) is 5.75 Å². The summed E-state index contributed by atoms with van der Waals surface area (Å²) in [4.78, 5) is 10.9. The maximum Gasteiger partial charge on any atom is 0.305 e.